The minimum atomic E-state index is -2.99. The minimum Gasteiger partial charge on any atom is -0.481 e. The van der Waals surface area contributed by atoms with Crippen molar-refractivity contribution in [1.82, 2.24) is 0 Å². The fraction of sp³-hybridized carbons (Fsp3) is 0.929. The van der Waals surface area contributed by atoms with Gasteiger partial charge in [-0.1, -0.05) is 26.7 Å². The molecule has 0 heterocycles. The lowest BCUT2D eigenvalue weighted by Gasteiger charge is -2.34. The molecule has 1 aliphatic carbocycles. The fourth-order valence-corrected chi connectivity index (χ4v) is 4.10. The number of hydrogen-bond donors (Lipinski definition) is 1. The molecule has 1 aliphatic rings. The van der Waals surface area contributed by atoms with Crippen molar-refractivity contribution in [2.75, 3.05) is 11.5 Å². The number of carbonyl (C=O) groups is 1. The summed E-state index contributed by atoms with van der Waals surface area (Å²) in [5.41, 5.74) is 0. The Labute approximate surface area is 116 Å². The Morgan fingerprint density at radius 2 is 1.89 bits per heavy atom. The average molecular weight is 290 g/mol. The van der Waals surface area contributed by atoms with Crippen molar-refractivity contribution >= 4 is 15.8 Å². The van der Waals surface area contributed by atoms with Gasteiger partial charge in [-0.2, -0.15) is 0 Å². The van der Waals surface area contributed by atoms with E-state index in [1.807, 2.05) is 0 Å². The number of hydrogen-bond acceptors (Lipinski definition) is 3. The summed E-state index contributed by atoms with van der Waals surface area (Å²) in [6.45, 7) is 3.78. The Morgan fingerprint density at radius 1 is 1.21 bits per heavy atom. The first-order valence-electron chi connectivity index (χ1n) is 7.32. The van der Waals surface area contributed by atoms with Gasteiger partial charge in [0.15, 0.2) is 0 Å². The Hall–Kier alpha value is -0.580. The van der Waals surface area contributed by atoms with Crippen LogP contribution in [0.5, 0.6) is 0 Å². The van der Waals surface area contributed by atoms with Crippen molar-refractivity contribution in [3.05, 3.63) is 0 Å². The van der Waals surface area contributed by atoms with Gasteiger partial charge in [0, 0.05) is 5.75 Å². The van der Waals surface area contributed by atoms with Gasteiger partial charge in [0.2, 0.25) is 0 Å². The second-order valence-corrected chi connectivity index (χ2v) is 8.17. The van der Waals surface area contributed by atoms with Crippen LogP contribution in [0, 0.1) is 17.8 Å². The minimum absolute atomic E-state index is 0.0316. The molecule has 4 nitrogen and oxygen atoms in total. The number of rotatable bonds is 7. The van der Waals surface area contributed by atoms with E-state index in [0.717, 1.165) is 25.7 Å². The van der Waals surface area contributed by atoms with Gasteiger partial charge in [-0.15, -0.1) is 0 Å². The van der Waals surface area contributed by atoms with E-state index in [2.05, 4.69) is 6.92 Å². The molecule has 5 heteroatoms. The van der Waals surface area contributed by atoms with Crippen LogP contribution in [-0.4, -0.2) is 31.0 Å². The molecule has 0 radical (unpaired) electrons. The van der Waals surface area contributed by atoms with E-state index in [1.54, 1.807) is 6.92 Å². The second kappa shape index (κ2) is 7.27. The van der Waals surface area contributed by atoms with E-state index in [9.17, 15) is 18.3 Å². The van der Waals surface area contributed by atoms with Gasteiger partial charge in [0.1, 0.15) is 9.84 Å². The summed E-state index contributed by atoms with van der Waals surface area (Å²) in [5, 5.41) is 9.26. The molecule has 0 aromatic rings. The van der Waals surface area contributed by atoms with E-state index >= 15 is 0 Å². The van der Waals surface area contributed by atoms with Crippen LogP contribution in [0.1, 0.15) is 52.4 Å². The largest absolute Gasteiger partial charge is 0.481 e. The third kappa shape index (κ3) is 5.13. The summed E-state index contributed by atoms with van der Waals surface area (Å²) in [6.07, 6.45) is 5.31. The third-order valence-electron chi connectivity index (χ3n) is 4.34. The summed E-state index contributed by atoms with van der Waals surface area (Å²) in [7, 11) is -2.99. The van der Waals surface area contributed by atoms with Gasteiger partial charge in [-0.25, -0.2) is 8.42 Å². The summed E-state index contributed by atoms with van der Waals surface area (Å²) in [6, 6.07) is 0. The monoisotopic (exact) mass is 290 g/mol. The van der Waals surface area contributed by atoms with Crippen LogP contribution >= 0.6 is 0 Å². The molecule has 0 bridgehead atoms. The molecular weight excluding hydrogens is 264 g/mol. The van der Waals surface area contributed by atoms with Gasteiger partial charge in [0.25, 0.3) is 0 Å². The molecule has 19 heavy (non-hydrogen) atoms. The number of carboxylic acid groups (broad SMARTS) is 1. The van der Waals surface area contributed by atoms with Gasteiger partial charge in [-0.3, -0.25) is 4.79 Å². The maximum atomic E-state index is 11.6. The zero-order valence-electron chi connectivity index (χ0n) is 12.0. The van der Waals surface area contributed by atoms with Crippen LogP contribution < -0.4 is 0 Å². The lowest BCUT2D eigenvalue weighted by Crippen LogP contribution is -2.32. The summed E-state index contributed by atoms with van der Waals surface area (Å²) in [5.74, 6) is -0.208. The first kappa shape index (κ1) is 16.5. The molecule has 0 saturated heterocycles. The Morgan fingerprint density at radius 3 is 2.42 bits per heavy atom. The fourth-order valence-electron chi connectivity index (χ4n) is 3.15. The van der Waals surface area contributed by atoms with Crippen molar-refractivity contribution in [3.8, 4) is 0 Å². The van der Waals surface area contributed by atoms with Crippen LogP contribution in [-0.2, 0) is 14.6 Å². The summed E-state index contributed by atoms with van der Waals surface area (Å²) >= 11 is 0. The van der Waals surface area contributed by atoms with Gasteiger partial charge in [0.05, 0.1) is 11.7 Å². The Balaban J connectivity index is 2.64. The lowest BCUT2D eigenvalue weighted by atomic mass is 9.72. The first-order chi connectivity index (χ1) is 8.89. The molecular formula is C14H26O4S. The van der Waals surface area contributed by atoms with E-state index < -0.39 is 15.8 Å². The Kier molecular flexibility index (Phi) is 6.30. The van der Waals surface area contributed by atoms with E-state index in [-0.39, 0.29) is 23.3 Å². The highest BCUT2D eigenvalue weighted by molar-refractivity contribution is 7.91. The number of aliphatic carboxylic acids is 1. The van der Waals surface area contributed by atoms with Gasteiger partial charge >= 0.3 is 5.97 Å². The smallest absolute Gasteiger partial charge is 0.306 e. The molecule has 0 aliphatic heterocycles. The molecule has 1 saturated carbocycles. The molecule has 1 rings (SSSR count). The maximum absolute atomic E-state index is 11.6. The molecule has 1 N–H and O–H groups in total. The van der Waals surface area contributed by atoms with Crippen LogP contribution in [0.15, 0.2) is 0 Å². The molecule has 0 aromatic heterocycles. The predicted octanol–water partition coefficient (Wildman–Crippen LogP) is 2.73. The topological polar surface area (TPSA) is 71.4 Å². The highest BCUT2D eigenvalue weighted by Gasteiger charge is 2.34. The lowest BCUT2D eigenvalue weighted by molar-refractivity contribution is -0.145. The highest BCUT2D eigenvalue weighted by Crippen LogP contribution is 2.38. The molecule has 0 aromatic carbocycles. The summed E-state index contributed by atoms with van der Waals surface area (Å²) < 4.78 is 23.2. The predicted molar refractivity (Wildman–Crippen MR) is 75.8 cm³/mol. The first-order valence-corrected chi connectivity index (χ1v) is 9.15. The maximum Gasteiger partial charge on any atom is 0.306 e. The highest BCUT2D eigenvalue weighted by atomic mass is 32.2. The van der Waals surface area contributed by atoms with E-state index in [0.29, 0.717) is 18.8 Å². The van der Waals surface area contributed by atoms with Crippen molar-refractivity contribution in [2.24, 2.45) is 17.8 Å². The average Bonchev–Trinajstić information content (AvgIpc) is 2.37. The van der Waals surface area contributed by atoms with Gasteiger partial charge < -0.3 is 5.11 Å². The van der Waals surface area contributed by atoms with Crippen LogP contribution in [0.2, 0.25) is 0 Å². The molecule has 3 unspecified atom stereocenters. The van der Waals surface area contributed by atoms with Crippen LogP contribution in [0.3, 0.4) is 0 Å². The van der Waals surface area contributed by atoms with Crippen LogP contribution in [0.4, 0.5) is 0 Å². The third-order valence-corrected chi connectivity index (χ3v) is 6.08. The van der Waals surface area contributed by atoms with E-state index in [4.69, 9.17) is 0 Å². The van der Waals surface area contributed by atoms with Crippen molar-refractivity contribution < 1.29 is 18.3 Å². The normalized spacial score (nSPS) is 28.2. The quantitative estimate of drug-likeness (QED) is 0.782. The molecule has 0 amide bonds. The zero-order valence-corrected chi connectivity index (χ0v) is 12.8. The van der Waals surface area contributed by atoms with Gasteiger partial charge in [-0.05, 0) is 37.5 Å². The number of sulfone groups is 1. The molecule has 0 spiro atoms. The van der Waals surface area contributed by atoms with Crippen molar-refractivity contribution in [1.29, 1.82) is 0 Å². The van der Waals surface area contributed by atoms with Crippen molar-refractivity contribution in [3.63, 3.8) is 0 Å². The SMILES string of the molecule is CCCC1CCC(C(=O)O)C(CCS(=O)(=O)CC)C1. The molecule has 1 fully saturated rings. The summed E-state index contributed by atoms with van der Waals surface area (Å²) in [4.78, 5) is 11.3. The molecule has 112 valence electrons. The molecule has 3 atom stereocenters. The van der Waals surface area contributed by atoms with Crippen LogP contribution in [0.25, 0.3) is 0 Å². The number of carboxylic acids is 1. The Bertz CT molecular complexity index is 388. The van der Waals surface area contributed by atoms with Crippen molar-refractivity contribution in [2.45, 2.75) is 52.4 Å². The van der Waals surface area contributed by atoms with E-state index in [1.165, 1.54) is 0 Å². The zero-order chi connectivity index (χ0) is 14.5. The standard InChI is InChI=1S/C14H26O4S/c1-3-5-11-6-7-13(14(15)16)12(10-11)8-9-19(17,18)4-2/h11-13H,3-10H2,1-2H3,(H,15,16). The second-order valence-electron chi connectivity index (χ2n) is 5.70.